The topological polar surface area (TPSA) is 55.9 Å². The number of imide groups is 1. The summed E-state index contributed by atoms with van der Waals surface area (Å²) in [6, 6.07) is -0.371. The number of carbonyl (C=O) groups excluding carboxylic acids is 2. The van der Waals surface area contributed by atoms with Gasteiger partial charge in [0.05, 0.1) is 6.42 Å². The number of amides is 2. The Morgan fingerprint density at radius 3 is 2.47 bits per heavy atom. The van der Waals surface area contributed by atoms with Gasteiger partial charge in [-0.15, -0.1) is 0 Å². The highest BCUT2D eigenvalue weighted by Crippen LogP contribution is 2.18. The van der Waals surface area contributed by atoms with Gasteiger partial charge in [-0.2, -0.15) is 0 Å². The van der Waals surface area contributed by atoms with Crippen LogP contribution in [0.5, 0.6) is 0 Å². The summed E-state index contributed by atoms with van der Waals surface area (Å²) >= 11 is 0. The lowest BCUT2D eigenvalue weighted by molar-refractivity contribution is -0.141. The predicted octanol–water partition coefficient (Wildman–Crippen LogP) is -0.336. The summed E-state index contributed by atoms with van der Waals surface area (Å²) in [6.07, 6.45) is 1.09. The second-order valence-corrected chi connectivity index (χ2v) is 5.54. The fourth-order valence-corrected chi connectivity index (χ4v) is 2.55. The maximum atomic E-state index is 12.3. The molecule has 0 radical (unpaired) electrons. The molecule has 2 amide bonds. The van der Waals surface area contributed by atoms with Crippen molar-refractivity contribution in [2.45, 2.75) is 38.8 Å². The van der Waals surface area contributed by atoms with Crippen LogP contribution in [-0.4, -0.2) is 71.9 Å². The van der Waals surface area contributed by atoms with Crippen molar-refractivity contribution in [1.29, 1.82) is 0 Å². The lowest BCUT2D eigenvalue weighted by Crippen LogP contribution is -2.55. The normalized spacial score (nSPS) is 28.2. The van der Waals surface area contributed by atoms with Gasteiger partial charge in [-0.1, -0.05) is 6.92 Å². The van der Waals surface area contributed by atoms with Gasteiger partial charge in [-0.3, -0.25) is 14.5 Å². The molecular weight excluding hydrogens is 244 g/mol. The molecule has 2 aliphatic heterocycles. The quantitative estimate of drug-likeness (QED) is 0.707. The van der Waals surface area contributed by atoms with E-state index in [1.54, 1.807) is 0 Å². The Morgan fingerprint density at radius 2 is 1.89 bits per heavy atom. The van der Waals surface area contributed by atoms with Crippen molar-refractivity contribution in [2.75, 3.05) is 33.2 Å². The van der Waals surface area contributed by atoms with Gasteiger partial charge < -0.3 is 4.90 Å². The van der Waals surface area contributed by atoms with Crippen LogP contribution in [0.1, 0.15) is 26.7 Å². The van der Waals surface area contributed by atoms with E-state index in [9.17, 15) is 9.59 Å². The van der Waals surface area contributed by atoms with E-state index in [0.717, 1.165) is 32.6 Å². The molecule has 2 aliphatic rings. The van der Waals surface area contributed by atoms with E-state index < -0.39 is 0 Å². The zero-order valence-corrected chi connectivity index (χ0v) is 12.1. The summed E-state index contributed by atoms with van der Waals surface area (Å²) in [4.78, 5) is 27.9. The molecule has 0 aromatic heterocycles. The van der Waals surface area contributed by atoms with E-state index in [1.165, 1.54) is 4.90 Å². The average Bonchev–Trinajstić information content (AvgIpc) is 2.66. The Balaban J connectivity index is 1.92. The molecule has 108 valence electrons. The van der Waals surface area contributed by atoms with E-state index >= 15 is 0 Å². The summed E-state index contributed by atoms with van der Waals surface area (Å²) in [5.41, 5.74) is 3.22. The minimum Gasteiger partial charge on any atom is -0.304 e. The minimum atomic E-state index is -0.370. The lowest BCUT2D eigenvalue weighted by atomic mass is 10.2. The van der Waals surface area contributed by atoms with Crippen LogP contribution in [-0.2, 0) is 9.59 Å². The summed E-state index contributed by atoms with van der Waals surface area (Å²) in [5, 5.41) is 2.07. The van der Waals surface area contributed by atoms with Crippen LogP contribution in [0.15, 0.2) is 0 Å². The second-order valence-electron chi connectivity index (χ2n) is 5.54. The minimum absolute atomic E-state index is 0.000658. The van der Waals surface area contributed by atoms with Crippen molar-refractivity contribution in [3.63, 3.8) is 0 Å². The summed E-state index contributed by atoms with van der Waals surface area (Å²) in [7, 11) is 2.09. The monoisotopic (exact) mass is 268 g/mol. The molecule has 6 nitrogen and oxygen atoms in total. The first-order valence-electron chi connectivity index (χ1n) is 7.08. The van der Waals surface area contributed by atoms with E-state index in [4.69, 9.17) is 0 Å². The SMILES string of the molecule is CCC(C)N1C(=O)CC(NN2CCN(C)CC2)C1=O. The third kappa shape index (κ3) is 3.13. The average molecular weight is 268 g/mol. The van der Waals surface area contributed by atoms with Crippen LogP contribution >= 0.6 is 0 Å². The van der Waals surface area contributed by atoms with Crippen molar-refractivity contribution in [1.82, 2.24) is 20.2 Å². The number of likely N-dealkylation sites (tertiary alicyclic amines) is 1. The first-order chi connectivity index (χ1) is 9.02. The molecule has 1 N–H and O–H groups in total. The maximum Gasteiger partial charge on any atom is 0.248 e. The number of hydrogen-bond acceptors (Lipinski definition) is 5. The number of hydrogen-bond donors (Lipinski definition) is 1. The third-order valence-corrected chi connectivity index (χ3v) is 4.06. The first kappa shape index (κ1) is 14.4. The molecule has 0 spiro atoms. The van der Waals surface area contributed by atoms with Gasteiger partial charge >= 0.3 is 0 Å². The number of rotatable bonds is 4. The second kappa shape index (κ2) is 5.98. The molecule has 2 saturated heterocycles. The van der Waals surface area contributed by atoms with Crippen molar-refractivity contribution < 1.29 is 9.59 Å². The molecule has 2 heterocycles. The van der Waals surface area contributed by atoms with E-state index in [0.29, 0.717) is 0 Å². The molecule has 2 unspecified atom stereocenters. The van der Waals surface area contributed by atoms with Crippen LogP contribution in [0.25, 0.3) is 0 Å². The molecule has 0 bridgehead atoms. The van der Waals surface area contributed by atoms with E-state index in [2.05, 4.69) is 22.4 Å². The third-order valence-electron chi connectivity index (χ3n) is 4.06. The summed E-state index contributed by atoms with van der Waals surface area (Å²) < 4.78 is 0. The standard InChI is InChI=1S/C13H24N4O2/c1-4-10(2)17-12(18)9-11(13(17)19)14-16-7-5-15(3)6-8-16/h10-11,14H,4-9H2,1-3H3. The molecular formula is C13H24N4O2. The molecule has 0 aromatic carbocycles. The van der Waals surface area contributed by atoms with Gasteiger partial charge in [0.15, 0.2) is 0 Å². The Bertz CT molecular complexity index is 353. The van der Waals surface area contributed by atoms with Gasteiger partial charge in [0.25, 0.3) is 0 Å². The summed E-state index contributed by atoms with van der Waals surface area (Å²) in [5.74, 6) is -0.121. The van der Waals surface area contributed by atoms with Gasteiger partial charge in [0.1, 0.15) is 6.04 Å². The lowest BCUT2D eigenvalue weighted by Gasteiger charge is -2.34. The molecule has 0 aliphatic carbocycles. The zero-order valence-electron chi connectivity index (χ0n) is 12.1. The van der Waals surface area contributed by atoms with Crippen LogP contribution < -0.4 is 5.43 Å². The highest BCUT2D eigenvalue weighted by Gasteiger charge is 2.41. The van der Waals surface area contributed by atoms with Crippen molar-refractivity contribution in [3.8, 4) is 0 Å². The van der Waals surface area contributed by atoms with Crippen LogP contribution in [0.2, 0.25) is 0 Å². The first-order valence-corrected chi connectivity index (χ1v) is 7.08. The molecule has 2 rings (SSSR count). The summed E-state index contributed by atoms with van der Waals surface area (Å²) in [6.45, 7) is 7.66. The Labute approximate surface area is 114 Å². The van der Waals surface area contributed by atoms with Gasteiger partial charge in [-0.05, 0) is 20.4 Å². The van der Waals surface area contributed by atoms with Gasteiger partial charge in [0, 0.05) is 32.2 Å². The van der Waals surface area contributed by atoms with Gasteiger partial charge in [0.2, 0.25) is 11.8 Å². The number of piperazine rings is 1. The smallest absolute Gasteiger partial charge is 0.248 e. The highest BCUT2D eigenvalue weighted by molar-refractivity contribution is 6.05. The number of hydrazine groups is 1. The van der Waals surface area contributed by atoms with Crippen molar-refractivity contribution >= 4 is 11.8 Å². The molecule has 0 aromatic rings. The van der Waals surface area contributed by atoms with Crippen LogP contribution in [0, 0.1) is 0 Å². The Morgan fingerprint density at radius 1 is 1.26 bits per heavy atom. The molecule has 2 fully saturated rings. The number of carbonyl (C=O) groups is 2. The number of likely N-dealkylation sites (N-methyl/N-ethyl adjacent to an activating group) is 1. The van der Waals surface area contributed by atoms with Gasteiger partial charge in [-0.25, -0.2) is 10.4 Å². The van der Waals surface area contributed by atoms with Crippen molar-refractivity contribution in [2.24, 2.45) is 0 Å². The largest absolute Gasteiger partial charge is 0.304 e. The Hall–Kier alpha value is -0.980. The molecule has 6 heteroatoms. The molecule has 2 atom stereocenters. The number of nitrogens with one attached hydrogen (secondary N) is 1. The van der Waals surface area contributed by atoms with Crippen LogP contribution in [0.3, 0.4) is 0 Å². The fourth-order valence-electron chi connectivity index (χ4n) is 2.55. The highest BCUT2D eigenvalue weighted by atomic mass is 16.2. The van der Waals surface area contributed by atoms with Crippen LogP contribution in [0.4, 0.5) is 0 Å². The van der Waals surface area contributed by atoms with E-state index in [1.807, 2.05) is 13.8 Å². The predicted molar refractivity (Wildman–Crippen MR) is 72.2 cm³/mol. The maximum absolute atomic E-state index is 12.3. The van der Waals surface area contributed by atoms with E-state index in [-0.39, 0.29) is 30.3 Å². The number of nitrogens with zero attached hydrogens (tertiary/aromatic N) is 3. The Kier molecular flexibility index (Phi) is 4.54. The van der Waals surface area contributed by atoms with Crippen molar-refractivity contribution in [3.05, 3.63) is 0 Å². The molecule has 19 heavy (non-hydrogen) atoms. The zero-order chi connectivity index (χ0) is 14.0. The fraction of sp³-hybridized carbons (Fsp3) is 0.846. The molecule has 0 saturated carbocycles.